The minimum Gasteiger partial charge on any atom is -0.357 e. The van der Waals surface area contributed by atoms with Crippen LogP contribution in [0.2, 0.25) is 0 Å². The third kappa shape index (κ3) is 6.22. The molecule has 0 saturated carbocycles. The molecule has 6 nitrogen and oxygen atoms in total. The van der Waals surface area contributed by atoms with Crippen LogP contribution in [0.1, 0.15) is 46.3 Å². The second-order valence-electron chi connectivity index (χ2n) is 4.99. The van der Waals surface area contributed by atoms with E-state index in [2.05, 4.69) is 25.8 Å². The molecule has 1 aromatic rings. The Kier molecular flexibility index (Phi) is 7.96. The minimum atomic E-state index is -0.124. The topological polar surface area (TPSA) is 75.3 Å². The zero-order valence-electron chi connectivity index (χ0n) is 12.3. The van der Waals surface area contributed by atoms with Gasteiger partial charge in [-0.3, -0.25) is 0 Å². The van der Waals surface area contributed by atoms with Crippen molar-refractivity contribution in [2.45, 2.75) is 46.6 Å². The summed E-state index contributed by atoms with van der Waals surface area (Å²) in [5.41, 5.74) is -0.124. The van der Waals surface area contributed by atoms with Crippen molar-refractivity contribution in [2.75, 3.05) is 13.1 Å². The number of rotatable bonds is 4. The lowest BCUT2D eigenvalue weighted by molar-refractivity contribution is 0.318. The highest BCUT2D eigenvalue weighted by molar-refractivity contribution is 14.0. The molecular formula is C12H24IN5O. The third-order valence-corrected chi connectivity index (χ3v) is 2.18. The number of hydrogen-bond acceptors (Lipinski definition) is 4. The van der Waals surface area contributed by atoms with Crippen molar-refractivity contribution in [3.8, 4) is 0 Å². The SMILES string of the molecule is CCNC(=NCc1noc(C(C)(C)C)n1)NCC.I. The first-order chi connectivity index (χ1) is 8.47. The van der Waals surface area contributed by atoms with E-state index in [0.717, 1.165) is 19.0 Å². The van der Waals surface area contributed by atoms with E-state index in [4.69, 9.17) is 4.52 Å². The van der Waals surface area contributed by atoms with Gasteiger partial charge in [0.1, 0.15) is 6.54 Å². The van der Waals surface area contributed by atoms with E-state index < -0.39 is 0 Å². The van der Waals surface area contributed by atoms with Gasteiger partial charge in [0.15, 0.2) is 11.8 Å². The molecular weight excluding hydrogens is 357 g/mol. The number of hydrogen-bond donors (Lipinski definition) is 2. The standard InChI is InChI=1S/C12H23N5O.HI/c1-6-13-11(14-7-2)15-8-9-16-10(18-17-9)12(3,4)5;/h6-8H2,1-5H3,(H2,13,14,15);1H. The number of halogens is 1. The average Bonchev–Trinajstić information content (AvgIpc) is 2.75. The fourth-order valence-electron chi connectivity index (χ4n) is 1.28. The Balaban J connectivity index is 0.00000324. The van der Waals surface area contributed by atoms with Gasteiger partial charge in [0, 0.05) is 18.5 Å². The Hall–Kier alpha value is -0.860. The molecule has 0 aliphatic heterocycles. The van der Waals surface area contributed by atoms with Gasteiger partial charge in [-0.05, 0) is 13.8 Å². The smallest absolute Gasteiger partial charge is 0.232 e. The highest BCUT2D eigenvalue weighted by Crippen LogP contribution is 2.19. The highest BCUT2D eigenvalue weighted by Gasteiger charge is 2.21. The van der Waals surface area contributed by atoms with Crippen LogP contribution < -0.4 is 10.6 Å². The van der Waals surface area contributed by atoms with Gasteiger partial charge in [0.2, 0.25) is 5.89 Å². The Morgan fingerprint density at radius 3 is 2.21 bits per heavy atom. The molecule has 0 saturated heterocycles. The molecule has 1 rings (SSSR count). The lowest BCUT2D eigenvalue weighted by Crippen LogP contribution is -2.37. The number of guanidine groups is 1. The Labute approximate surface area is 131 Å². The zero-order valence-corrected chi connectivity index (χ0v) is 14.6. The highest BCUT2D eigenvalue weighted by atomic mass is 127. The van der Waals surface area contributed by atoms with Crippen LogP contribution in [0.4, 0.5) is 0 Å². The van der Waals surface area contributed by atoms with E-state index in [-0.39, 0.29) is 29.4 Å². The maximum atomic E-state index is 5.21. The molecule has 0 aliphatic carbocycles. The average molecular weight is 381 g/mol. The van der Waals surface area contributed by atoms with Gasteiger partial charge in [-0.1, -0.05) is 25.9 Å². The Bertz CT molecular complexity index is 389. The van der Waals surface area contributed by atoms with Crippen LogP contribution in [0, 0.1) is 0 Å². The quantitative estimate of drug-likeness (QED) is 0.475. The van der Waals surface area contributed by atoms with Crippen molar-refractivity contribution in [2.24, 2.45) is 4.99 Å². The zero-order chi connectivity index (χ0) is 13.6. The fraction of sp³-hybridized carbons (Fsp3) is 0.750. The predicted molar refractivity (Wildman–Crippen MR) is 86.9 cm³/mol. The molecule has 110 valence electrons. The summed E-state index contributed by atoms with van der Waals surface area (Å²) in [5.74, 6) is 2.01. The molecule has 0 radical (unpaired) electrons. The first kappa shape index (κ1) is 18.1. The number of nitrogens with zero attached hydrogens (tertiary/aromatic N) is 3. The number of nitrogens with one attached hydrogen (secondary N) is 2. The molecule has 7 heteroatoms. The summed E-state index contributed by atoms with van der Waals surface area (Å²) < 4.78 is 5.21. The van der Waals surface area contributed by atoms with Crippen LogP contribution in [0.5, 0.6) is 0 Å². The van der Waals surface area contributed by atoms with Gasteiger partial charge in [0.25, 0.3) is 0 Å². The van der Waals surface area contributed by atoms with Crippen molar-refractivity contribution in [1.82, 2.24) is 20.8 Å². The van der Waals surface area contributed by atoms with Crippen molar-refractivity contribution >= 4 is 29.9 Å². The lowest BCUT2D eigenvalue weighted by Gasteiger charge is -2.10. The summed E-state index contributed by atoms with van der Waals surface area (Å²) in [6.07, 6.45) is 0. The molecule has 2 N–H and O–H groups in total. The summed E-state index contributed by atoms with van der Waals surface area (Å²) in [6.45, 7) is 12.2. The second-order valence-corrected chi connectivity index (χ2v) is 4.99. The summed E-state index contributed by atoms with van der Waals surface area (Å²) in [7, 11) is 0. The molecule has 0 unspecified atom stereocenters. The largest absolute Gasteiger partial charge is 0.357 e. The Morgan fingerprint density at radius 2 is 1.79 bits per heavy atom. The van der Waals surface area contributed by atoms with Crippen molar-refractivity contribution in [3.05, 3.63) is 11.7 Å². The van der Waals surface area contributed by atoms with Crippen LogP contribution in [0.3, 0.4) is 0 Å². The second kappa shape index (κ2) is 8.34. The van der Waals surface area contributed by atoms with E-state index in [9.17, 15) is 0 Å². The molecule has 1 heterocycles. The molecule has 19 heavy (non-hydrogen) atoms. The molecule has 0 amide bonds. The van der Waals surface area contributed by atoms with Crippen molar-refractivity contribution in [3.63, 3.8) is 0 Å². The normalized spacial score (nSPS) is 10.6. The van der Waals surface area contributed by atoms with E-state index in [0.29, 0.717) is 18.3 Å². The summed E-state index contributed by atoms with van der Waals surface area (Å²) in [6, 6.07) is 0. The third-order valence-electron chi connectivity index (χ3n) is 2.18. The van der Waals surface area contributed by atoms with Crippen LogP contribution >= 0.6 is 24.0 Å². The summed E-state index contributed by atoms with van der Waals surface area (Å²) >= 11 is 0. The van der Waals surface area contributed by atoms with E-state index in [1.165, 1.54) is 0 Å². The van der Waals surface area contributed by atoms with Gasteiger partial charge < -0.3 is 15.2 Å². The monoisotopic (exact) mass is 381 g/mol. The van der Waals surface area contributed by atoms with Crippen LogP contribution in [-0.2, 0) is 12.0 Å². The van der Waals surface area contributed by atoms with Crippen LogP contribution in [0.15, 0.2) is 9.52 Å². The first-order valence-corrected chi connectivity index (χ1v) is 6.32. The molecule has 0 atom stereocenters. The molecule has 0 aromatic carbocycles. The maximum Gasteiger partial charge on any atom is 0.232 e. The van der Waals surface area contributed by atoms with Gasteiger partial charge in [0.05, 0.1) is 0 Å². The van der Waals surface area contributed by atoms with E-state index >= 15 is 0 Å². The van der Waals surface area contributed by atoms with Gasteiger partial charge >= 0.3 is 0 Å². The van der Waals surface area contributed by atoms with Crippen molar-refractivity contribution in [1.29, 1.82) is 0 Å². The molecule has 0 fully saturated rings. The van der Waals surface area contributed by atoms with Gasteiger partial charge in [-0.15, -0.1) is 24.0 Å². The minimum absolute atomic E-state index is 0. The number of aromatic nitrogens is 2. The van der Waals surface area contributed by atoms with E-state index in [1.54, 1.807) is 0 Å². The summed E-state index contributed by atoms with van der Waals surface area (Å²) in [4.78, 5) is 8.71. The maximum absolute atomic E-state index is 5.21. The van der Waals surface area contributed by atoms with Crippen molar-refractivity contribution < 1.29 is 4.52 Å². The Morgan fingerprint density at radius 1 is 1.21 bits per heavy atom. The lowest BCUT2D eigenvalue weighted by atomic mass is 9.97. The molecule has 0 bridgehead atoms. The van der Waals surface area contributed by atoms with Crippen LogP contribution in [0.25, 0.3) is 0 Å². The van der Waals surface area contributed by atoms with E-state index in [1.807, 2.05) is 34.6 Å². The number of aliphatic imine (C=N–C) groups is 1. The van der Waals surface area contributed by atoms with Gasteiger partial charge in [-0.2, -0.15) is 4.98 Å². The fourth-order valence-corrected chi connectivity index (χ4v) is 1.28. The predicted octanol–water partition coefficient (Wildman–Crippen LogP) is 2.06. The molecule has 0 spiro atoms. The molecule has 1 aromatic heterocycles. The van der Waals surface area contributed by atoms with Crippen LogP contribution in [-0.4, -0.2) is 29.2 Å². The summed E-state index contributed by atoms with van der Waals surface area (Å²) in [5, 5.41) is 10.2. The van der Waals surface area contributed by atoms with Gasteiger partial charge in [-0.25, -0.2) is 4.99 Å². The first-order valence-electron chi connectivity index (χ1n) is 6.32. The molecule has 0 aliphatic rings.